The average molecular weight is 615 g/mol. The second-order valence-corrected chi connectivity index (χ2v) is 10.8. The lowest BCUT2D eigenvalue weighted by molar-refractivity contribution is -0.114. The Bertz CT molecular complexity index is 1930. The van der Waals surface area contributed by atoms with Gasteiger partial charge in [-0.2, -0.15) is 0 Å². The van der Waals surface area contributed by atoms with Gasteiger partial charge in [0.15, 0.2) is 5.58 Å². The molecule has 0 saturated heterocycles. The molecule has 0 radical (unpaired) electrons. The molecular formula is C35H26N4O5S. The smallest absolute Gasteiger partial charge is 0.272 e. The first-order chi connectivity index (χ1) is 22.0. The molecule has 0 bridgehead atoms. The van der Waals surface area contributed by atoms with Gasteiger partial charge in [0.25, 0.3) is 11.8 Å². The van der Waals surface area contributed by atoms with Gasteiger partial charge in [-0.3, -0.25) is 14.4 Å². The van der Waals surface area contributed by atoms with Gasteiger partial charge < -0.3 is 24.8 Å². The number of nitrogens with one attached hydrogen (secondary N) is 3. The standard InChI is InChI=1S/C35H26N4O5S/c40-32(36-25-14-12-24(13-15-25)35-39-29-10-4-5-11-31(29)44-35)22-45-28-18-16-26(17-19-28)37-34(42)30(21-27-9-6-20-43-27)38-33(41)23-7-2-1-3-8-23/h1-21H,22H2,(H,36,40)(H,37,42)(H,38,41)/b30-21-. The number of anilines is 2. The molecule has 0 saturated carbocycles. The van der Waals surface area contributed by atoms with E-state index in [1.54, 1.807) is 78.9 Å². The van der Waals surface area contributed by atoms with Gasteiger partial charge in [0.2, 0.25) is 11.8 Å². The molecule has 2 aromatic heterocycles. The SMILES string of the molecule is O=C(CSc1ccc(NC(=O)/C(=C/c2ccco2)NC(=O)c2ccccc2)cc1)Nc1ccc(-c2nc3ccccc3o2)cc1. The van der Waals surface area contributed by atoms with Crippen LogP contribution in [0.25, 0.3) is 28.6 Å². The Hall–Kier alpha value is -5.87. The molecule has 3 N–H and O–H groups in total. The van der Waals surface area contributed by atoms with Gasteiger partial charge in [0, 0.05) is 33.5 Å². The number of furan rings is 1. The number of oxazole rings is 1. The summed E-state index contributed by atoms with van der Waals surface area (Å²) < 4.78 is 11.1. The molecule has 0 spiro atoms. The molecule has 0 aliphatic heterocycles. The lowest BCUT2D eigenvalue weighted by atomic mass is 10.2. The quantitative estimate of drug-likeness (QED) is 0.110. The van der Waals surface area contributed by atoms with E-state index in [0.717, 1.165) is 21.6 Å². The van der Waals surface area contributed by atoms with Crippen LogP contribution in [-0.4, -0.2) is 28.5 Å². The van der Waals surface area contributed by atoms with Crippen molar-refractivity contribution in [2.45, 2.75) is 4.90 Å². The van der Waals surface area contributed by atoms with Crippen molar-refractivity contribution in [3.05, 3.63) is 139 Å². The third-order valence-corrected chi connectivity index (χ3v) is 7.56. The molecule has 0 aliphatic rings. The fourth-order valence-electron chi connectivity index (χ4n) is 4.33. The Morgan fingerprint density at radius 3 is 2.20 bits per heavy atom. The second kappa shape index (κ2) is 13.6. The largest absolute Gasteiger partial charge is 0.465 e. The third kappa shape index (κ3) is 7.56. The van der Waals surface area contributed by atoms with Crippen LogP contribution >= 0.6 is 11.8 Å². The minimum atomic E-state index is -0.516. The highest BCUT2D eigenvalue weighted by Gasteiger charge is 2.16. The highest BCUT2D eigenvalue weighted by molar-refractivity contribution is 8.00. The van der Waals surface area contributed by atoms with Crippen LogP contribution in [0.4, 0.5) is 11.4 Å². The van der Waals surface area contributed by atoms with Gasteiger partial charge in [-0.05, 0) is 84.9 Å². The fourth-order valence-corrected chi connectivity index (χ4v) is 5.03. The van der Waals surface area contributed by atoms with Gasteiger partial charge in [0.05, 0.1) is 12.0 Å². The first-order valence-corrected chi connectivity index (χ1v) is 14.9. The normalized spacial score (nSPS) is 11.2. The number of nitrogens with zero attached hydrogens (tertiary/aromatic N) is 1. The Morgan fingerprint density at radius 1 is 0.756 bits per heavy atom. The summed E-state index contributed by atoms with van der Waals surface area (Å²) in [6.45, 7) is 0. The molecule has 3 amide bonds. The van der Waals surface area contributed by atoms with Crippen molar-refractivity contribution < 1.29 is 23.2 Å². The first-order valence-electron chi connectivity index (χ1n) is 13.9. The van der Waals surface area contributed by atoms with Crippen LogP contribution in [0.2, 0.25) is 0 Å². The second-order valence-electron chi connectivity index (χ2n) is 9.77. The topological polar surface area (TPSA) is 126 Å². The molecule has 222 valence electrons. The number of carbonyl (C=O) groups excluding carboxylic acids is 3. The predicted molar refractivity (Wildman–Crippen MR) is 174 cm³/mol. The molecular weight excluding hydrogens is 588 g/mol. The fraction of sp³-hybridized carbons (Fsp3) is 0.0286. The van der Waals surface area contributed by atoms with Crippen LogP contribution in [0.3, 0.4) is 0 Å². The lowest BCUT2D eigenvalue weighted by Crippen LogP contribution is -2.30. The number of aromatic nitrogens is 1. The summed E-state index contributed by atoms with van der Waals surface area (Å²) in [6.07, 6.45) is 2.94. The Labute approximate surface area is 262 Å². The van der Waals surface area contributed by atoms with Crippen LogP contribution in [0.5, 0.6) is 0 Å². The molecule has 6 rings (SSSR count). The maximum Gasteiger partial charge on any atom is 0.272 e. The molecule has 9 nitrogen and oxygen atoms in total. The van der Waals surface area contributed by atoms with Crippen LogP contribution < -0.4 is 16.0 Å². The summed E-state index contributed by atoms with van der Waals surface area (Å²) in [5.41, 5.74) is 3.94. The van der Waals surface area contributed by atoms with Crippen molar-refractivity contribution in [1.29, 1.82) is 0 Å². The third-order valence-electron chi connectivity index (χ3n) is 6.55. The highest BCUT2D eigenvalue weighted by Crippen LogP contribution is 2.26. The summed E-state index contributed by atoms with van der Waals surface area (Å²) in [6, 6.07) is 33.9. The number of hydrogen-bond acceptors (Lipinski definition) is 7. The molecule has 45 heavy (non-hydrogen) atoms. The number of para-hydroxylation sites is 2. The number of rotatable bonds is 10. The number of fused-ring (bicyclic) bond motifs is 1. The minimum absolute atomic E-state index is 0.0239. The van der Waals surface area contributed by atoms with Crippen molar-refractivity contribution in [3.8, 4) is 11.5 Å². The Balaban J connectivity index is 1.02. The summed E-state index contributed by atoms with van der Waals surface area (Å²) >= 11 is 1.36. The minimum Gasteiger partial charge on any atom is -0.465 e. The number of thioether (sulfide) groups is 1. The van der Waals surface area contributed by atoms with E-state index in [4.69, 9.17) is 8.83 Å². The van der Waals surface area contributed by atoms with E-state index in [1.807, 2.05) is 36.4 Å². The van der Waals surface area contributed by atoms with E-state index >= 15 is 0 Å². The van der Waals surface area contributed by atoms with E-state index in [-0.39, 0.29) is 17.4 Å². The van der Waals surface area contributed by atoms with E-state index in [2.05, 4.69) is 20.9 Å². The monoisotopic (exact) mass is 614 g/mol. The number of benzene rings is 4. The Kier molecular flexibility index (Phi) is 8.84. The van der Waals surface area contributed by atoms with Gasteiger partial charge in [-0.25, -0.2) is 4.98 Å². The number of hydrogen-bond donors (Lipinski definition) is 3. The maximum atomic E-state index is 13.1. The van der Waals surface area contributed by atoms with Crippen molar-refractivity contribution in [3.63, 3.8) is 0 Å². The zero-order valence-corrected chi connectivity index (χ0v) is 24.5. The predicted octanol–water partition coefficient (Wildman–Crippen LogP) is 7.23. The number of amides is 3. The van der Waals surface area contributed by atoms with Gasteiger partial charge in [0.1, 0.15) is 17.0 Å². The molecule has 0 fully saturated rings. The van der Waals surface area contributed by atoms with Crippen LogP contribution in [0, 0.1) is 0 Å². The first kappa shape index (κ1) is 29.2. The molecule has 0 unspecified atom stereocenters. The average Bonchev–Trinajstić information content (AvgIpc) is 3.75. The zero-order valence-electron chi connectivity index (χ0n) is 23.7. The van der Waals surface area contributed by atoms with Gasteiger partial charge >= 0.3 is 0 Å². The van der Waals surface area contributed by atoms with Crippen LogP contribution in [0.1, 0.15) is 16.1 Å². The van der Waals surface area contributed by atoms with Gasteiger partial charge in [-0.15, -0.1) is 11.8 Å². The maximum absolute atomic E-state index is 13.1. The molecule has 6 aromatic rings. The molecule has 10 heteroatoms. The molecule has 4 aromatic carbocycles. The van der Waals surface area contributed by atoms with Crippen molar-refractivity contribution >= 4 is 58.0 Å². The van der Waals surface area contributed by atoms with Crippen LogP contribution in [0.15, 0.2) is 141 Å². The summed E-state index contributed by atoms with van der Waals surface area (Å²) in [5, 5.41) is 8.36. The van der Waals surface area contributed by atoms with E-state index < -0.39 is 11.8 Å². The zero-order chi connectivity index (χ0) is 31.0. The molecule has 0 aliphatic carbocycles. The van der Waals surface area contributed by atoms with Crippen molar-refractivity contribution in [1.82, 2.24) is 10.3 Å². The van der Waals surface area contributed by atoms with Crippen LogP contribution in [-0.2, 0) is 9.59 Å². The number of carbonyl (C=O) groups is 3. The lowest BCUT2D eigenvalue weighted by Gasteiger charge is -2.11. The van der Waals surface area contributed by atoms with E-state index in [0.29, 0.717) is 28.6 Å². The Morgan fingerprint density at radius 2 is 1.47 bits per heavy atom. The van der Waals surface area contributed by atoms with E-state index in [1.165, 1.54) is 24.1 Å². The highest BCUT2D eigenvalue weighted by atomic mass is 32.2. The molecule has 2 heterocycles. The summed E-state index contributed by atoms with van der Waals surface area (Å²) in [7, 11) is 0. The summed E-state index contributed by atoms with van der Waals surface area (Å²) in [4.78, 5) is 43.8. The molecule has 0 atom stereocenters. The van der Waals surface area contributed by atoms with Crippen molar-refractivity contribution in [2.24, 2.45) is 0 Å². The van der Waals surface area contributed by atoms with E-state index in [9.17, 15) is 14.4 Å². The van der Waals surface area contributed by atoms with Crippen molar-refractivity contribution in [2.75, 3.05) is 16.4 Å². The van der Waals surface area contributed by atoms with Gasteiger partial charge in [-0.1, -0.05) is 30.3 Å². The summed E-state index contributed by atoms with van der Waals surface area (Å²) in [5.74, 6) is 0.0305.